The molecule has 0 saturated carbocycles. The Morgan fingerprint density at radius 1 is 1.17 bits per heavy atom. The van der Waals surface area contributed by atoms with Crippen molar-refractivity contribution in [2.45, 2.75) is 44.6 Å². The van der Waals surface area contributed by atoms with Gasteiger partial charge in [0.15, 0.2) is 0 Å². The zero-order chi connectivity index (χ0) is 24.5. The minimum atomic E-state index is -0.299. The quantitative estimate of drug-likeness (QED) is 0.515. The van der Waals surface area contributed by atoms with Crippen molar-refractivity contribution in [3.63, 3.8) is 0 Å². The molecule has 0 spiro atoms. The number of hydrogen-bond donors (Lipinski definition) is 2. The van der Waals surface area contributed by atoms with E-state index in [1.165, 1.54) is 6.33 Å². The molecule has 4 heterocycles. The summed E-state index contributed by atoms with van der Waals surface area (Å²) in [7, 11) is 0. The van der Waals surface area contributed by atoms with Gasteiger partial charge in [0, 0.05) is 36.9 Å². The van der Waals surface area contributed by atoms with E-state index in [-0.39, 0.29) is 36.7 Å². The molecule has 10 heteroatoms. The normalized spacial score (nSPS) is 21.1. The Bertz CT molecular complexity index is 1170. The van der Waals surface area contributed by atoms with E-state index < -0.39 is 0 Å². The number of amides is 1. The molecule has 3 atom stereocenters. The number of hydrogen-bond acceptors (Lipinski definition) is 7. The monoisotopic (exact) mass is 498 g/mol. The van der Waals surface area contributed by atoms with Gasteiger partial charge in [0.1, 0.15) is 24.5 Å². The number of ether oxygens (including phenoxy) is 1. The topological polar surface area (TPSA) is 95.8 Å². The van der Waals surface area contributed by atoms with Gasteiger partial charge in [0.25, 0.3) is 0 Å². The van der Waals surface area contributed by atoms with Gasteiger partial charge in [-0.2, -0.15) is 0 Å². The second-order valence-corrected chi connectivity index (χ2v) is 9.96. The summed E-state index contributed by atoms with van der Waals surface area (Å²) < 4.78 is 7.58. The van der Waals surface area contributed by atoms with Gasteiger partial charge in [-0.3, -0.25) is 4.79 Å². The number of nitrogens with one attached hydrogen (secondary N) is 1. The predicted molar refractivity (Wildman–Crippen MR) is 135 cm³/mol. The van der Waals surface area contributed by atoms with Crippen LogP contribution < -0.4 is 10.2 Å². The van der Waals surface area contributed by atoms with Crippen LogP contribution in [0.15, 0.2) is 42.9 Å². The molecule has 1 aromatic carbocycles. The first kappa shape index (κ1) is 24.0. The average Bonchev–Trinajstić information content (AvgIpc) is 3.27. The Morgan fingerprint density at radius 2 is 1.89 bits per heavy atom. The van der Waals surface area contributed by atoms with Crippen LogP contribution in [0.4, 0.5) is 5.82 Å². The second kappa shape index (κ2) is 10.1. The Balaban J connectivity index is 1.41. The molecular weight excluding hydrogens is 468 g/mol. The molecule has 2 aliphatic rings. The van der Waals surface area contributed by atoms with E-state index in [2.05, 4.69) is 34.0 Å². The summed E-state index contributed by atoms with van der Waals surface area (Å²) in [5.74, 6) is 0.631. The van der Waals surface area contributed by atoms with E-state index in [9.17, 15) is 9.90 Å². The predicted octanol–water partition coefficient (Wildman–Crippen LogP) is 2.23. The molecule has 2 fully saturated rings. The number of fused-ring (bicyclic) bond motifs is 3. The van der Waals surface area contributed by atoms with E-state index >= 15 is 0 Å². The van der Waals surface area contributed by atoms with Crippen LogP contribution in [-0.2, 0) is 16.3 Å². The number of anilines is 1. The highest BCUT2D eigenvalue weighted by atomic mass is 35.5. The molecule has 2 aliphatic heterocycles. The molecule has 5 rings (SSSR count). The van der Waals surface area contributed by atoms with Crippen molar-refractivity contribution < 1.29 is 14.6 Å². The third-order valence-corrected chi connectivity index (χ3v) is 7.07. The van der Waals surface area contributed by atoms with Gasteiger partial charge in [-0.05, 0) is 23.8 Å². The lowest BCUT2D eigenvalue weighted by atomic mass is 9.95. The standard InChI is InChI=1S/C25H31ClN6O3/c1-16(2)27-9-22(17-3-5-18(26)6-4-17)25(34)31-10-19-12-35-13-20(11-31)32(19)24-21-7-8-30(15-33)23(21)28-14-29-24/h3-8,14,16,19-20,22,27,33H,9-13,15H2,1-2H3. The van der Waals surface area contributed by atoms with Crippen molar-refractivity contribution in [1.29, 1.82) is 0 Å². The van der Waals surface area contributed by atoms with Crippen LogP contribution in [0.3, 0.4) is 0 Å². The van der Waals surface area contributed by atoms with Crippen LogP contribution in [0.5, 0.6) is 0 Å². The Hall–Kier alpha value is -2.72. The molecule has 186 valence electrons. The number of carbonyl (C=O) groups excluding carboxylic acids is 1. The van der Waals surface area contributed by atoms with E-state index in [1.54, 1.807) is 4.57 Å². The molecule has 2 saturated heterocycles. The van der Waals surface area contributed by atoms with Crippen LogP contribution >= 0.6 is 11.6 Å². The van der Waals surface area contributed by atoms with Crippen LogP contribution in [0.25, 0.3) is 11.0 Å². The van der Waals surface area contributed by atoms with Crippen molar-refractivity contribution in [2.75, 3.05) is 37.7 Å². The van der Waals surface area contributed by atoms with Crippen molar-refractivity contribution in [3.8, 4) is 0 Å². The smallest absolute Gasteiger partial charge is 0.231 e. The number of nitrogens with zero attached hydrogens (tertiary/aromatic N) is 5. The third kappa shape index (κ3) is 4.73. The summed E-state index contributed by atoms with van der Waals surface area (Å²) in [6.07, 6.45) is 3.35. The van der Waals surface area contributed by atoms with Crippen molar-refractivity contribution in [3.05, 3.63) is 53.4 Å². The van der Waals surface area contributed by atoms with Crippen LogP contribution in [0, 0.1) is 0 Å². The van der Waals surface area contributed by atoms with E-state index in [4.69, 9.17) is 16.3 Å². The molecule has 35 heavy (non-hydrogen) atoms. The van der Waals surface area contributed by atoms with Crippen molar-refractivity contribution in [1.82, 2.24) is 24.8 Å². The summed E-state index contributed by atoms with van der Waals surface area (Å²) in [5.41, 5.74) is 1.65. The SMILES string of the molecule is CC(C)NCC(C(=O)N1CC2COCC(C1)N2c1ncnc2c1ccn2CO)c1ccc(Cl)cc1. The summed E-state index contributed by atoms with van der Waals surface area (Å²) in [6, 6.07) is 9.72. The fourth-order valence-electron chi connectivity index (χ4n) is 5.12. The number of aromatic nitrogens is 3. The minimum absolute atomic E-state index is 0.0223. The van der Waals surface area contributed by atoms with Gasteiger partial charge in [0.2, 0.25) is 5.91 Å². The Labute approximate surface area is 209 Å². The average molecular weight is 499 g/mol. The highest BCUT2D eigenvalue weighted by Gasteiger charge is 2.42. The van der Waals surface area contributed by atoms with Crippen LogP contribution in [0.1, 0.15) is 25.3 Å². The molecule has 1 amide bonds. The minimum Gasteiger partial charge on any atom is -0.377 e. The summed E-state index contributed by atoms with van der Waals surface area (Å²) >= 11 is 6.11. The summed E-state index contributed by atoms with van der Waals surface area (Å²) in [6.45, 7) is 6.71. The molecule has 3 unspecified atom stereocenters. The summed E-state index contributed by atoms with van der Waals surface area (Å²) in [5, 5.41) is 14.6. The van der Waals surface area contributed by atoms with Crippen LogP contribution in [-0.4, -0.2) is 81.4 Å². The number of piperazine rings is 1. The maximum atomic E-state index is 13.9. The number of aliphatic hydroxyl groups excluding tert-OH is 1. The maximum Gasteiger partial charge on any atom is 0.231 e. The Morgan fingerprint density at radius 3 is 2.54 bits per heavy atom. The lowest BCUT2D eigenvalue weighted by molar-refractivity contribution is -0.136. The highest BCUT2D eigenvalue weighted by Crippen LogP contribution is 2.33. The molecule has 0 aliphatic carbocycles. The third-order valence-electron chi connectivity index (χ3n) is 6.81. The number of morpholine rings is 1. The fourth-order valence-corrected chi connectivity index (χ4v) is 5.24. The molecule has 2 N–H and O–H groups in total. The van der Waals surface area contributed by atoms with Gasteiger partial charge in [-0.1, -0.05) is 37.6 Å². The molecule has 0 radical (unpaired) electrons. The zero-order valence-corrected chi connectivity index (χ0v) is 20.7. The number of benzene rings is 1. The van der Waals surface area contributed by atoms with Crippen molar-refractivity contribution >= 4 is 34.4 Å². The van der Waals surface area contributed by atoms with E-state index in [0.29, 0.717) is 43.5 Å². The number of halogens is 1. The first-order valence-electron chi connectivity index (χ1n) is 12.0. The molecule has 3 aromatic rings. The van der Waals surface area contributed by atoms with E-state index in [1.807, 2.05) is 41.4 Å². The molecule has 2 aromatic heterocycles. The largest absolute Gasteiger partial charge is 0.377 e. The van der Waals surface area contributed by atoms with Crippen molar-refractivity contribution in [2.24, 2.45) is 0 Å². The number of rotatable bonds is 7. The first-order chi connectivity index (χ1) is 17.0. The van der Waals surface area contributed by atoms with E-state index in [0.717, 1.165) is 16.8 Å². The zero-order valence-electron chi connectivity index (χ0n) is 20.0. The maximum absolute atomic E-state index is 13.9. The van der Waals surface area contributed by atoms with Gasteiger partial charge < -0.3 is 29.5 Å². The lowest BCUT2D eigenvalue weighted by Crippen LogP contribution is -2.66. The van der Waals surface area contributed by atoms with Crippen LogP contribution in [0.2, 0.25) is 5.02 Å². The second-order valence-electron chi connectivity index (χ2n) is 9.52. The summed E-state index contributed by atoms with van der Waals surface area (Å²) in [4.78, 5) is 27.1. The first-order valence-corrected chi connectivity index (χ1v) is 12.4. The highest BCUT2D eigenvalue weighted by molar-refractivity contribution is 6.30. The number of aliphatic hydroxyl groups is 1. The molecular formula is C25H31ClN6O3. The Kier molecular flexibility index (Phi) is 6.93. The lowest BCUT2D eigenvalue weighted by Gasteiger charge is -2.50. The molecule has 2 bridgehead atoms. The van der Waals surface area contributed by atoms with Gasteiger partial charge >= 0.3 is 0 Å². The van der Waals surface area contributed by atoms with Gasteiger partial charge in [-0.15, -0.1) is 0 Å². The van der Waals surface area contributed by atoms with Gasteiger partial charge in [-0.25, -0.2) is 9.97 Å². The number of carbonyl (C=O) groups is 1. The molecule has 9 nitrogen and oxygen atoms in total. The fraction of sp³-hybridized carbons (Fsp3) is 0.480. The van der Waals surface area contributed by atoms with Gasteiger partial charge in [0.05, 0.1) is 36.6 Å².